The van der Waals surface area contributed by atoms with E-state index in [-0.39, 0.29) is 29.1 Å². The van der Waals surface area contributed by atoms with Gasteiger partial charge in [0.25, 0.3) is 5.24 Å². The van der Waals surface area contributed by atoms with Crippen molar-refractivity contribution in [2.45, 2.75) is 13.3 Å². The molecule has 0 aliphatic rings. The first-order chi connectivity index (χ1) is 9.00. The molecular formula is C13H11ClN2O3. The van der Waals surface area contributed by atoms with Crippen LogP contribution in [-0.2, 0) is 6.42 Å². The minimum atomic E-state index is -0.794. The first kappa shape index (κ1) is 13.3. The summed E-state index contributed by atoms with van der Waals surface area (Å²) in [6.07, 6.45) is 2.99. The fraction of sp³-hybridized carbons (Fsp3) is 0.154. The quantitative estimate of drug-likeness (QED) is 0.685. The molecule has 0 radical (unpaired) electrons. The van der Waals surface area contributed by atoms with Gasteiger partial charge in [-0.15, -0.1) is 0 Å². The zero-order valence-corrected chi connectivity index (χ0v) is 10.9. The summed E-state index contributed by atoms with van der Waals surface area (Å²) in [6.45, 7) is 1.76. The third-order valence-electron chi connectivity index (χ3n) is 2.79. The van der Waals surface area contributed by atoms with Crippen molar-refractivity contribution in [3.05, 3.63) is 47.0 Å². The summed E-state index contributed by atoms with van der Waals surface area (Å²) in [5.74, 6) is 0.353. The molecule has 0 bridgehead atoms. The van der Waals surface area contributed by atoms with Gasteiger partial charge in [0.2, 0.25) is 0 Å². The number of pyridine rings is 1. The molecule has 0 fully saturated rings. The number of aryl methyl sites for hydroxylation is 1. The van der Waals surface area contributed by atoms with Gasteiger partial charge in [-0.2, -0.15) is 0 Å². The topological polar surface area (TPSA) is 86.2 Å². The second-order valence-electron chi connectivity index (χ2n) is 3.99. The van der Waals surface area contributed by atoms with E-state index in [2.05, 4.69) is 4.98 Å². The third kappa shape index (κ3) is 2.66. The normalized spacial score (nSPS) is 10.4. The standard InChI is InChI=1S/C13H11ClN2O3/c1-7-8(3-5-19-7)6-10(17)9-2-4-16-13(15)11(9)12(14)18/h2-5H,6H2,1H3,(H2,15,16). The molecule has 2 heterocycles. The lowest BCUT2D eigenvalue weighted by atomic mass is 10.0. The Balaban J connectivity index is 2.37. The highest BCUT2D eigenvalue weighted by molar-refractivity contribution is 6.68. The summed E-state index contributed by atoms with van der Waals surface area (Å²) in [5.41, 5.74) is 6.46. The number of nitrogens with zero attached hydrogens (tertiary/aromatic N) is 1. The van der Waals surface area contributed by atoms with Gasteiger partial charge in [-0.3, -0.25) is 9.59 Å². The van der Waals surface area contributed by atoms with Crippen LogP contribution >= 0.6 is 11.6 Å². The van der Waals surface area contributed by atoms with Crippen molar-refractivity contribution in [1.82, 2.24) is 4.98 Å². The van der Waals surface area contributed by atoms with Crippen molar-refractivity contribution < 1.29 is 14.0 Å². The summed E-state index contributed by atoms with van der Waals surface area (Å²) in [7, 11) is 0. The number of hydrogen-bond acceptors (Lipinski definition) is 5. The number of Topliss-reactive ketones (excluding diaryl/α,β-unsaturated/α-hetero) is 1. The molecule has 2 rings (SSSR count). The average Bonchev–Trinajstić information content (AvgIpc) is 2.74. The average molecular weight is 279 g/mol. The molecule has 0 aliphatic carbocycles. The van der Waals surface area contributed by atoms with E-state index in [0.29, 0.717) is 5.76 Å². The lowest BCUT2D eigenvalue weighted by Gasteiger charge is -2.06. The van der Waals surface area contributed by atoms with Crippen LogP contribution < -0.4 is 5.73 Å². The third-order valence-corrected chi connectivity index (χ3v) is 2.98. The van der Waals surface area contributed by atoms with Crippen LogP contribution in [0.2, 0.25) is 0 Å². The van der Waals surface area contributed by atoms with Crippen LogP contribution in [0.5, 0.6) is 0 Å². The summed E-state index contributed by atoms with van der Waals surface area (Å²) in [5, 5.41) is -0.794. The maximum atomic E-state index is 12.2. The monoisotopic (exact) mass is 278 g/mol. The van der Waals surface area contributed by atoms with Crippen molar-refractivity contribution >= 4 is 28.4 Å². The van der Waals surface area contributed by atoms with Crippen LogP contribution in [0.3, 0.4) is 0 Å². The van der Waals surface area contributed by atoms with Crippen LogP contribution in [0.4, 0.5) is 5.82 Å². The van der Waals surface area contributed by atoms with E-state index in [4.69, 9.17) is 21.8 Å². The number of halogens is 1. The first-order valence-corrected chi connectivity index (χ1v) is 5.89. The predicted molar refractivity (Wildman–Crippen MR) is 70.3 cm³/mol. The zero-order valence-electron chi connectivity index (χ0n) is 10.1. The molecule has 2 N–H and O–H groups in total. The molecule has 0 aromatic carbocycles. The largest absolute Gasteiger partial charge is 0.469 e. The van der Waals surface area contributed by atoms with Gasteiger partial charge in [0.15, 0.2) is 5.78 Å². The molecule has 6 heteroatoms. The molecule has 0 spiro atoms. The van der Waals surface area contributed by atoms with Gasteiger partial charge in [-0.25, -0.2) is 4.98 Å². The van der Waals surface area contributed by atoms with E-state index >= 15 is 0 Å². The van der Waals surface area contributed by atoms with Gasteiger partial charge >= 0.3 is 0 Å². The number of carbonyl (C=O) groups excluding carboxylic acids is 2. The van der Waals surface area contributed by atoms with E-state index in [1.54, 1.807) is 13.0 Å². The van der Waals surface area contributed by atoms with E-state index in [9.17, 15) is 9.59 Å². The molecule has 2 aromatic rings. The van der Waals surface area contributed by atoms with Crippen molar-refractivity contribution in [1.29, 1.82) is 0 Å². The molecular weight excluding hydrogens is 268 g/mol. The SMILES string of the molecule is Cc1occc1CC(=O)c1ccnc(N)c1C(=O)Cl. The fourth-order valence-corrected chi connectivity index (χ4v) is 1.98. The number of nitrogens with two attached hydrogens (primary N) is 1. The smallest absolute Gasteiger partial charge is 0.256 e. The number of ketones is 1. The highest BCUT2D eigenvalue weighted by Gasteiger charge is 2.20. The molecule has 0 unspecified atom stereocenters. The Morgan fingerprint density at radius 2 is 2.16 bits per heavy atom. The van der Waals surface area contributed by atoms with Crippen LogP contribution in [-0.4, -0.2) is 16.0 Å². The molecule has 0 saturated carbocycles. The molecule has 0 atom stereocenters. The molecule has 2 aromatic heterocycles. The van der Waals surface area contributed by atoms with Crippen LogP contribution in [0, 0.1) is 6.92 Å². The Morgan fingerprint density at radius 1 is 1.42 bits per heavy atom. The summed E-state index contributed by atoms with van der Waals surface area (Å²) in [6, 6.07) is 3.14. The Hall–Kier alpha value is -2.14. The Labute approximate surface area is 114 Å². The summed E-state index contributed by atoms with van der Waals surface area (Å²) < 4.78 is 5.12. The predicted octanol–water partition coefficient (Wildman–Crippen LogP) is 2.37. The highest BCUT2D eigenvalue weighted by Crippen LogP contribution is 2.20. The summed E-state index contributed by atoms with van der Waals surface area (Å²) in [4.78, 5) is 27.3. The minimum absolute atomic E-state index is 0.0460. The van der Waals surface area contributed by atoms with E-state index in [0.717, 1.165) is 5.56 Å². The summed E-state index contributed by atoms with van der Waals surface area (Å²) >= 11 is 5.44. The molecule has 0 saturated heterocycles. The maximum absolute atomic E-state index is 12.2. The fourth-order valence-electron chi connectivity index (χ4n) is 1.78. The van der Waals surface area contributed by atoms with Gasteiger partial charge in [-0.05, 0) is 30.7 Å². The minimum Gasteiger partial charge on any atom is -0.469 e. The van der Waals surface area contributed by atoms with Gasteiger partial charge in [0, 0.05) is 23.7 Å². The Morgan fingerprint density at radius 3 is 2.74 bits per heavy atom. The lowest BCUT2D eigenvalue weighted by molar-refractivity contribution is 0.0982. The maximum Gasteiger partial charge on any atom is 0.256 e. The molecule has 0 amide bonds. The van der Waals surface area contributed by atoms with Crippen LogP contribution in [0.25, 0.3) is 0 Å². The zero-order chi connectivity index (χ0) is 14.0. The molecule has 5 nitrogen and oxygen atoms in total. The van der Waals surface area contributed by atoms with Gasteiger partial charge in [0.1, 0.15) is 11.6 Å². The lowest BCUT2D eigenvalue weighted by Crippen LogP contribution is -2.12. The number of nitrogen functional groups attached to an aromatic ring is 1. The second kappa shape index (κ2) is 5.24. The van der Waals surface area contributed by atoms with Crippen LogP contribution in [0.1, 0.15) is 32.0 Å². The Kier molecular flexibility index (Phi) is 3.66. The highest BCUT2D eigenvalue weighted by atomic mass is 35.5. The van der Waals surface area contributed by atoms with Crippen molar-refractivity contribution in [2.24, 2.45) is 0 Å². The van der Waals surface area contributed by atoms with Gasteiger partial charge < -0.3 is 10.2 Å². The molecule has 19 heavy (non-hydrogen) atoms. The van der Waals surface area contributed by atoms with E-state index in [1.165, 1.54) is 18.5 Å². The van der Waals surface area contributed by atoms with Crippen molar-refractivity contribution in [2.75, 3.05) is 5.73 Å². The van der Waals surface area contributed by atoms with Gasteiger partial charge in [0.05, 0.1) is 11.8 Å². The number of hydrogen-bond donors (Lipinski definition) is 1. The first-order valence-electron chi connectivity index (χ1n) is 5.51. The number of anilines is 1. The van der Waals surface area contributed by atoms with E-state index in [1.807, 2.05) is 0 Å². The number of furan rings is 1. The Bertz CT molecular complexity index is 649. The number of rotatable bonds is 4. The molecule has 0 aliphatic heterocycles. The molecule has 98 valence electrons. The second-order valence-corrected chi connectivity index (χ2v) is 4.34. The van der Waals surface area contributed by atoms with Gasteiger partial charge in [-0.1, -0.05) is 0 Å². The van der Waals surface area contributed by atoms with E-state index < -0.39 is 5.24 Å². The number of carbonyl (C=O) groups is 2. The number of aromatic nitrogens is 1. The van der Waals surface area contributed by atoms with Crippen molar-refractivity contribution in [3.8, 4) is 0 Å². The van der Waals surface area contributed by atoms with Crippen molar-refractivity contribution in [3.63, 3.8) is 0 Å². The van der Waals surface area contributed by atoms with Crippen LogP contribution in [0.15, 0.2) is 29.0 Å².